The lowest BCUT2D eigenvalue weighted by Crippen LogP contribution is -3.11. The van der Waals surface area contributed by atoms with Crippen molar-refractivity contribution in [3.05, 3.63) is 53.1 Å². The summed E-state index contributed by atoms with van der Waals surface area (Å²) in [6, 6.07) is 12.6. The molecule has 3 N–H and O–H groups in total. The van der Waals surface area contributed by atoms with E-state index in [2.05, 4.69) is 10.6 Å². The van der Waals surface area contributed by atoms with Crippen LogP contribution in [0.3, 0.4) is 0 Å². The number of carbonyl (C=O) groups excluding carboxylic acids is 2. The standard InChI is InChI=1S/C19H22ClN3O3/c1-13-4-6-14(7-5-13)21-18(24)11-23(2)12-19(25)22-15-8-9-17(26-3)16(20)10-15/h4-10H,11-12H2,1-3H3,(H,21,24)(H,22,25)/p+1. The maximum Gasteiger partial charge on any atom is 0.279 e. The van der Waals surface area contributed by atoms with Crippen LogP contribution in [0.4, 0.5) is 11.4 Å². The van der Waals surface area contributed by atoms with E-state index >= 15 is 0 Å². The quantitative estimate of drug-likeness (QED) is 0.689. The van der Waals surface area contributed by atoms with Crippen molar-refractivity contribution in [3.63, 3.8) is 0 Å². The van der Waals surface area contributed by atoms with E-state index in [1.807, 2.05) is 31.2 Å². The van der Waals surface area contributed by atoms with Gasteiger partial charge in [0, 0.05) is 11.4 Å². The zero-order valence-electron chi connectivity index (χ0n) is 15.1. The predicted molar refractivity (Wildman–Crippen MR) is 103 cm³/mol. The number of carbonyl (C=O) groups is 2. The van der Waals surface area contributed by atoms with Gasteiger partial charge < -0.3 is 20.3 Å². The van der Waals surface area contributed by atoms with Crippen molar-refractivity contribution < 1.29 is 19.2 Å². The second-order valence-corrected chi connectivity index (χ2v) is 6.53. The molecule has 0 spiro atoms. The number of benzene rings is 2. The Hall–Kier alpha value is -2.57. The van der Waals surface area contributed by atoms with Crippen LogP contribution in [0, 0.1) is 6.92 Å². The Kier molecular flexibility index (Phi) is 7.00. The molecule has 0 aliphatic heterocycles. The number of halogens is 1. The number of anilines is 2. The first-order chi connectivity index (χ1) is 12.4. The van der Waals surface area contributed by atoms with Gasteiger partial charge in [0.1, 0.15) is 5.75 Å². The summed E-state index contributed by atoms with van der Waals surface area (Å²) in [6.45, 7) is 2.33. The monoisotopic (exact) mass is 376 g/mol. The fourth-order valence-electron chi connectivity index (χ4n) is 2.40. The van der Waals surface area contributed by atoms with Gasteiger partial charge in [-0.3, -0.25) is 9.59 Å². The van der Waals surface area contributed by atoms with Crippen LogP contribution in [0.5, 0.6) is 5.75 Å². The van der Waals surface area contributed by atoms with Crippen LogP contribution >= 0.6 is 11.6 Å². The number of methoxy groups -OCH3 is 1. The average Bonchev–Trinajstić information content (AvgIpc) is 2.56. The third-order valence-electron chi connectivity index (χ3n) is 3.70. The first-order valence-electron chi connectivity index (χ1n) is 8.18. The Morgan fingerprint density at radius 3 is 2.08 bits per heavy atom. The number of likely N-dealkylation sites (N-methyl/N-ethyl adjacent to an activating group) is 1. The topological polar surface area (TPSA) is 71.9 Å². The molecular weight excluding hydrogens is 354 g/mol. The zero-order valence-corrected chi connectivity index (χ0v) is 15.8. The molecule has 0 fully saturated rings. The minimum absolute atomic E-state index is 0.147. The summed E-state index contributed by atoms with van der Waals surface area (Å²) in [7, 11) is 3.31. The third-order valence-corrected chi connectivity index (χ3v) is 3.99. The second-order valence-electron chi connectivity index (χ2n) is 6.12. The van der Waals surface area contributed by atoms with Crippen molar-refractivity contribution >= 4 is 34.8 Å². The average molecular weight is 377 g/mol. The second kappa shape index (κ2) is 9.22. The number of quaternary nitrogens is 1. The number of nitrogens with one attached hydrogen (secondary N) is 3. The van der Waals surface area contributed by atoms with Crippen molar-refractivity contribution in [3.8, 4) is 5.75 Å². The minimum Gasteiger partial charge on any atom is -0.495 e. The highest BCUT2D eigenvalue weighted by atomic mass is 35.5. The van der Waals surface area contributed by atoms with E-state index in [0.29, 0.717) is 16.5 Å². The van der Waals surface area contributed by atoms with Crippen molar-refractivity contribution in [1.29, 1.82) is 0 Å². The van der Waals surface area contributed by atoms with Crippen LogP contribution in [0.2, 0.25) is 5.02 Å². The Morgan fingerprint density at radius 2 is 1.54 bits per heavy atom. The molecule has 7 heteroatoms. The molecule has 0 aliphatic rings. The highest BCUT2D eigenvalue weighted by molar-refractivity contribution is 6.32. The number of hydrogen-bond acceptors (Lipinski definition) is 3. The summed E-state index contributed by atoms with van der Waals surface area (Å²) in [6.07, 6.45) is 0. The van der Waals surface area contributed by atoms with Crippen LogP contribution in [0.15, 0.2) is 42.5 Å². The smallest absolute Gasteiger partial charge is 0.279 e. The van der Waals surface area contributed by atoms with E-state index in [4.69, 9.17) is 16.3 Å². The summed E-state index contributed by atoms with van der Waals surface area (Å²) in [5.41, 5.74) is 2.45. The van der Waals surface area contributed by atoms with Crippen molar-refractivity contribution in [2.24, 2.45) is 0 Å². The Morgan fingerprint density at radius 1 is 1.00 bits per heavy atom. The van der Waals surface area contributed by atoms with E-state index in [1.54, 1.807) is 25.2 Å². The highest BCUT2D eigenvalue weighted by Gasteiger charge is 2.15. The molecule has 2 aromatic rings. The lowest BCUT2D eigenvalue weighted by molar-refractivity contribution is -0.862. The summed E-state index contributed by atoms with van der Waals surface area (Å²) in [5.74, 6) is 0.193. The predicted octanol–water partition coefficient (Wildman–Crippen LogP) is 1.75. The molecular formula is C19H23ClN3O3+. The van der Waals surface area contributed by atoms with E-state index in [-0.39, 0.29) is 24.9 Å². The Bertz CT molecular complexity index is 778. The van der Waals surface area contributed by atoms with Crippen LogP contribution < -0.4 is 20.3 Å². The van der Waals surface area contributed by atoms with E-state index < -0.39 is 0 Å². The lowest BCUT2D eigenvalue weighted by Gasteiger charge is -2.14. The minimum atomic E-state index is -0.202. The van der Waals surface area contributed by atoms with Gasteiger partial charge in [-0.05, 0) is 37.3 Å². The van der Waals surface area contributed by atoms with Crippen molar-refractivity contribution in [1.82, 2.24) is 0 Å². The number of rotatable bonds is 7. The first-order valence-corrected chi connectivity index (χ1v) is 8.56. The van der Waals surface area contributed by atoms with Crippen LogP contribution in [-0.2, 0) is 9.59 Å². The molecule has 138 valence electrons. The van der Waals surface area contributed by atoms with Gasteiger partial charge in [0.25, 0.3) is 11.8 Å². The van der Waals surface area contributed by atoms with Gasteiger partial charge in [-0.1, -0.05) is 29.3 Å². The normalized spacial score (nSPS) is 11.5. The zero-order chi connectivity index (χ0) is 19.1. The molecule has 6 nitrogen and oxygen atoms in total. The van der Waals surface area contributed by atoms with Gasteiger partial charge in [0.2, 0.25) is 0 Å². The van der Waals surface area contributed by atoms with Crippen molar-refractivity contribution in [2.45, 2.75) is 6.92 Å². The van der Waals surface area contributed by atoms with Gasteiger partial charge in [-0.25, -0.2) is 0 Å². The molecule has 2 aromatic carbocycles. The molecule has 1 atom stereocenters. The van der Waals surface area contributed by atoms with Gasteiger partial charge >= 0.3 is 0 Å². The largest absolute Gasteiger partial charge is 0.495 e. The Labute approximate surface area is 158 Å². The van der Waals surface area contributed by atoms with Gasteiger partial charge in [0.05, 0.1) is 19.2 Å². The molecule has 2 rings (SSSR count). The molecule has 26 heavy (non-hydrogen) atoms. The van der Waals surface area contributed by atoms with Crippen molar-refractivity contribution in [2.75, 3.05) is 37.9 Å². The molecule has 1 unspecified atom stereocenters. The van der Waals surface area contributed by atoms with E-state index in [9.17, 15) is 9.59 Å². The Balaban J connectivity index is 1.81. The maximum atomic E-state index is 12.1. The van der Waals surface area contributed by atoms with Crippen LogP contribution in [0.1, 0.15) is 5.56 Å². The molecule has 0 bridgehead atoms. The summed E-state index contributed by atoms with van der Waals surface area (Å²) in [5, 5.41) is 6.00. The number of ether oxygens (including phenoxy) is 1. The number of hydrogen-bond donors (Lipinski definition) is 3. The molecule has 0 aliphatic carbocycles. The number of amides is 2. The molecule has 0 saturated carbocycles. The lowest BCUT2D eigenvalue weighted by atomic mass is 10.2. The SMILES string of the molecule is COc1ccc(NC(=O)C[NH+](C)CC(=O)Nc2ccc(C)cc2)cc1Cl. The first kappa shape index (κ1) is 19.8. The fourth-order valence-corrected chi connectivity index (χ4v) is 2.66. The summed E-state index contributed by atoms with van der Waals surface area (Å²) >= 11 is 6.04. The molecule has 0 heterocycles. The fraction of sp³-hybridized carbons (Fsp3) is 0.263. The maximum absolute atomic E-state index is 12.1. The summed E-state index contributed by atoms with van der Waals surface area (Å²) in [4.78, 5) is 25.0. The molecule has 0 aromatic heterocycles. The van der Waals surface area contributed by atoms with Crippen LogP contribution in [-0.4, -0.2) is 39.1 Å². The molecule has 0 radical (unpaired) electrons. The highest BCUT2D eigenvalue weighted by Crippen LogP contribution is 2.27. The summed E-state index contributed by atoms with van der Waals surface area (Å²) < 4.78 is 5.08. The van der Waals surface area contributed by atoms with Gasteiger partial charge in [-0.2, -0.15) is 0 Å². The van der Waals surface area contributed by atoms with Gasteiger partial charge in [0.15, 0.2) is 13.1 Å². The third kappa shape index (κ3) is 6.06. The van der Waals surface area contributed by atoms with Crippen LogP contribution in [0.25, 0.3) is 0 Å². The van der Waals surface area contributed by atoms with E-state index in [0.717, 1.165) is 16.2 Å². The molecule has 0 saturated heterocycles. The van der Waals surface area contributed by atoms with Gasteiger partial charge in [-0.15, -0.1) is 0 Å². The molecule has 2 amide bonds. The number of aryl methyl sites for hydroxylation is 1. The van der Waals surface area contributed by atoms with E-state index in [1.165, 1.54) is 7.11 Å².